The summed E-state index contributed by atoms with van der Waals surface area (Å²) in [5.74, 6) is 1.74. The van der Waals surface area contributed by atoms with Crippen LogP contribution in [0, 0.1) is 0 Å². The van der Waals surface area contributed by atoms with E-state index in [1.54, 1.807) is 26.4 Å². The summed E-state index contributed by atoms with van der Waals surface area (Å²) in [6.45, 7) is 0. The fraction of sp³-hybridized carbons (Fsp3) is 0.300. The van der Waals surface area contributed by atoms with Crippen molar-refractivity contribution in [1.29, 1.82) is 0 Å². The molecule has 4 nitrogen and oxygen atoms in total. The number of nitrogens with two attached hydrogens (primary N) is 1. The first-order valence-electron chi connectivity index (χ1n) is 4.43. The molecule has 0 aliphatic carbocycles. The molecule has 1 aromatic rings. The number of hydrogen-bond acceptors (Lipinski definition) is 3. The van der Waals surface area contributed by atoms with Crippen LogP contribution < -0.4 is 15.2 Å². The Bertz CT molecular complexity index is 410. The van der Waals surface area contributed by atoms with Crippen LogP contribution in [-0.4, -0.2) is 25.9 Å². The molecular formula is C10H12BrClN2O2. The van der Waals surface area contributed by atoms with E-state index in [4.69, 9.17) is 26.8 Å². The topological polar surface area (TPSA) is 56.8 Å². The number of aliphatic imine (C=N–C) groups is 1. The molecule has 16 heavy (non-hydrogen) atoms. The van der Waals surface area contributed by atoms with Gasteiger partial charge in [-0.2, -0.15) is 0 Å². The summed E-state index contributed by atoms with van der Waals surface area (Å²) in [5.41, 5.74) is 6.21. The number of ether oxygens (including phenoxy) is 2. The van der Waals surface area contributed by atoms with Crippen LogP contribution in [0.3, 0.4) is 0 Å². The number of amidine groups is 1. The maximum atomic E-state index is 5.56. The van der Waals surface area contributed by atoms with Crippen LogP contribution in [0.5, 0.6) is 11.5 Å². The van der Waals surface area contributed by atoms with Crippen molar-refractivity contribution in [2.24, 2.45) is 10.7 Å². The molecule has 88 valence electrons. The Kier molecular flexibility index (Phi) is 4.89. The first kappa shape index (κ1) is 13.1. The Labute approximate surface area is 108 Å². The normalized spacial score (nSPS) is 11.4. The van der Waals surface area contributed by atoms with Crippen molar-refractivity contribution < 1.29 is 9.47 Å². The summed E-state index contributed by atoms with van der Waals surface area (Å²) in [5, 5.41) is 0. The minimum absolute atomic E-state index is 0.181. The van der Waals surface area contributed by atoms with Crippen molar-refractivity contribution in [2.45, 2.75) is 0 Å². The van der Waals surface area contributed by atoms with E-state index in [1.807, 2.05) is 0 Å². The van der Waals surface area contributed by atoms with Crippen LogP contribution in [0.1, 0.15) is 0 Å². The van der Waals surface area contributed by atoms with Gasteiger partial charge in [-0.15, -0.1) is 11.6 Å². The average molecular weight is 308 g/mol. The van der Waals surface area contributed by atoms with E-state index in [0.29, 0.717) is 23.0 Å². The number of halogens is 2. The number of methoxy groups -OCH3 is 2. The van der Waals surface area contributed by atoms with E-state index >= 15 is 0 Å². The van der Waals surface area contributed by atoms with Gasteiger partial charge in [-0.1, -0.05) is 0 Å². The third-order valence-electron chi connectivity index (χ3n) is 1.85. The summed E-state index contributed by atoms with van der Waals surface area (Å²) in [7, 11) is 3.13. The molecule has 0 unspecified atom stereocenters. The van der Waals surface area contributed by atoms with Gasteiger partial charge in [0.2, 0.25) is 0 Å². The third kappa shape index (κ3) is 3.02. The lowest BCUT2D eigenvalue weighted by atomic mass is 10.3. The minimum Gasteiger partial charge on any atom is -0.493 e. The molecule has 0 aliphatic rings. The molecule has 0 aromatic heterocycles. The van der Waals surface area contributed by atoms with Gasteiger partial charge >= 0.3 is 0 Å². The lowest BCUT2D eigenvalue weighted by molar-refractivity contribution is 0.355. The zero-order chi connectivity index (χ0) is 12.1. The third-order valence-corrected chi connectivity index (χ3v) is 2.76. The van der Waals surface area contributed by atoms with Crippen molar-refractivity contribution >= 4 is 39.1 Å². The maximum Gasteiger partial charge on any atom is 0.162 e. The van der Waals surface area contributed by atoms with Gasteiger partial charge in [0.25, 0.3) is 0 Å². The Balaban J connectivity index is 3.21. The molecule has 0 atom stereocenters. The lowest BCUT2D eigenvalue weighted by Gasteiger charge is -2.09. The first-order valence-corrected chi connectivity index (χ1v) is 5.75. The number of alkyl halides is 1. The van der Waals surface area contributed by atoms with Gasteiger partial charge in [0.15, 0.2) is 11.5 Å². The van der Waals surface area contributed by atoms with Crippen LogP contribution >= 0.6 is 27.5 Å². The highest BCUT2D eigenvalue weighted by atomic mass is 79.9. The van der Waals surface area contributed by atoms with E-state index in [1.165, 1.54) is 0 Å². The molecule has 0 fully saturated rings. The fourth-order valence-electron chi connectivity index (χ4n) is 1.11. The van der Waals surface area contributed by atoms with Crippen LogP contribution in [0.2, 0.25) is 0 Å². The van der Waals surface area contributed by atoms with E-state index in [0.717, 1.165) is 4.47 Å². The highest BCUT2D eigenvalue weighted by Crippen LogP contribution is 2.37. The molecule has 0 amide bonds. The smallest absolute Gasteiger partial charge is 0.162 e. The summed E-state index contributed by atoms with van der Waals surface area (Å²) >= 11 is 8.93. The van der Waals surface area contributed by atoms with Gasteiger partial charge in [0, 0.05) is 16.6 Å². The predicted octanol–water partition coefficient (Wildman–Crippen LogP) is 2.69. The molecule has 0 spiro atoms. The molecule has 2 N–H and O–H groups in total. The standard InChI is InChI=1S/C10H12BrClN2O2/c1-15-8-3-6(11)7(4-9(8)16-2)14-10(13)5-12/h3-4H,5H2,1-2H3,(H2,13,14). The quantitative estimate of drug-likeness (QED) is 0.528. The molecule has 0 radical (unpaired) electrons. The second kappa shape index (κ2) is 5.96. The molecule has 1 rings (SSSR count). The summed E-state index contributed by atoms with van der Waals surface area (Å²) in [4.78, 5) is 4.14. The van der Waals surface area contributed by atoms with Gasteiger partial charge < -0.3 is 15.2 Å². The van der Waals surface area contributed by atoms with Crippen molar-refractivity contribution in [3.63, 3.8) is 0 Å². The second-order valence-corrected chi connectivity index (χ2v) is 4.02. The monoisotopic (exact) mass is 306 g/mol. The Hall–Kier alpha value is -0.940. The van der Waals surface area contributed by atoms with E-state index in [9.17, 15) is 0 Å². The Morgan fingerprint density at radius 3 is 2.44 bits per heavy atom. The highest BCUT2D eigenvalue weighted by molar-refractivity contribution is 9.10. The molecule has 1 aromatic carbocycles. The van der Waals surface area contributed by atoms with Crippen LogP contribution in [0.4, 0.5) is 5.69 Å². The fourth-order valence-corrected chi connectivity index (χ4v) is 1.58. The minimum atomic E-state index is 0.181. The van der Waals surface area contributed by atoms with Crippen molar-refractivity contribution in [1.82, 2.24) is 0 Å². The zero-order valence-corrected chi connectivity index (χ0v) is 11.3. The van der Waals surface area contributed by atoms with E-state index in [2.05, 4.69) is 20.9 Å². The van der Waals surface area contributed by atoms with E-state index in [-0.39, 0.29) is 5.88 Å². The summed E-state index contributed by atoms with van der Waals surface area (Å²) < 4.78 is 11.1. The highest BCUT2D eigenvalue weighted by Gasteiger charge is 2.09. The Morgan fingerprint density at radius 1 is 1.38 bits per heavy atom. The SMILES string of the molecule is COc1cc(Br)c(N=C(N)CCl)cc1OC. The predicted molar refractivity (Wildman–Crippen MR) is 69.2 cm³/mol. The van der Waals surface area contributed by atoms with Gasteiger partial charge in [-0.25, -0.2) is 4.99 Å². The van der Waals surface area contributed by atoms with Gasteiger partial charge in [0.05, 0.1) is 25.8 Å². The maximum absolute atomic E-state index is 5.56. The number of rotatable bonds is 4. The molecule has 6 heteroatoms. The average Bonchev–Trinajstić information content (AvgIpc) is 2.30. The lowest BCUT2D eigenvalue weighted by Crippen LogP contribution is -2.12. The van der Waals surface area contributed by atoms with Crippen LogP contribution in [-0.2, 0) is 0 Å². The molecule has 0 aliphatic heterocycles. The largest absolute Gasteiger partial charge is 0.493 e. The molecular weight excluding hydrogens is 295 g/mol. The first-order chi connectivity index (χ1) is 7.62. The molecule has 0 bridgehead atoms. The number of benzene rings is 1. The molecule has 0 heterocycles. The van der Waals surface area contributed by atoms with Gasteiger partial charge in [-0.05, 0) is 15.9 Å². The molecule has 0 saturated heterocycles. The van der Waals surface area contributed by atoms with Crippen molar-refractivity contribution in [3.05, 3.63) is 16.6 Å². The van der Waals surface area contributed by atoms with Crippen molar-refractivity contribution in [3.8, 4) is 11.5 Å². The van der Waals surface area contributed by atoms with Crippen molar-refractivity contribution in [2.75, 3.05) is 20.1 Å². The Morgan fingerprint density at radius 2 is 1.94 bits per heavy atom. The van der Waals surface area contributed by atoms with Crippen LogP contribution in [0.25, 0.3) is 0 Å². The van der Waals surface area contributed by atoms with Gasteiger partial charge in [0.1, 0.15) is 5.84 Å². The zero-order valence-electron chi connectivity index (χ0n) is 8.96. The number of nitrogens with zero attached hydrogens (tertiary/aromatic N) is 1. The summed E-state index contributed by atoms with van der Waals surface area (Å²) in [6, 6.07) is 3.49. The van der Waals surface area contributed by atoms with Gasteiger partial charge in [-0.3, -0.25) is 0 Å². The van der Waals surface area contributed by atoms with E-state index < -0.39 is 0 Å². The number of hydrogen-bond donors (Lipinski definition) is 1. The molecule has 0 saturated carbocycles. The van der Waals surface area contributed by atoms with Crippen LogP contribution in [0.15, 0.2) is 21.6 Å². The second-order valence-electron chi connectivity index (χ2n) is 2.90. The summed E-state index contributed by atoms with van der Waals surface area (Å²) in [6.07, 6.45) is 0.